The van der Waals surface area contributed by atoms with Crippen LogP contribution in [0.2, 0.25) is 0 Å². The summed E-state index contributed by atoms with van der Waals surface area (Å²) in [5.41, 5.74) is 4.64. The van der Waals surface area contributed by atoms with Crippen LogP contribution in [0.15, 0.2) is 83.8 Å². The van der Waals surface area contributed by atoms with Gasteiger partial charge in [0, 0.05) is 28.7 Å². The standard InChI is InChI=1S/C24H25NOS2/c1-19-8-7-11-21(16-19)17-27-15-14-25-24(26)22-12-5-6-13-23(22)28-18-20-9-3-2-4-10-20/h2-13,16H,14-15,17-18H2,1H3,(H,25,26). The number of hydrogen-bond donors (Lipinski definition) is 1. The van der Waals surface area contributed by atoms with Crippen molar-refractivity contribution in [2.75, 3.05) is 12.3 Å². The number of carbonyl (C=O) groups is 1. The van der Waals surface area contributed by atoms with Crippen molar-refractivity contribution in [1.82, 2.24) is 5.32 Å². The molecule has 0 aromatic heterocycles. The third-order valence-corrected chi connectivity index (χ3v) is 6.43. The zero-order valence-corrected chi connectivity index (χ0v) is 17.7. The molecule has 0 spiro atoms. The van der Waals surface area contributed by atoms with E-state index in [0.717, 1.165) is 27.7 Å². The Bertz CT molecular complexity index is 896. The van der Waals surface area contributed by atoms with Gasteiger partial charge >= 0.3 is 0 Å². The molecular weight excluding hydrogens is 382 g/mol. The maximum Gasteiger partial charge on any atom is 0.252 e. The highest BCUT2D eigenvalue weighted by molar-refractivity contribution is 7.98. The lowest BCUT2D eigenvalue weighted by molar-refractivity contribution is 0.0953. The second kappa shape index (κ2) is 11.0. The number of aryl methyl sites for hydroxylation is 1. The molecule has 1 amide bonds. The quantitative estimate of drug-likeness (QED) is 0.351. The van der Waals surface area contributed by atoms with Gasteiger partial charge in [-0.3, -0.25) is 4.79 Å². The number of carbonyl (C=O) groups excluding carboxylic acids is 1. The first-order valence-electron chi connectivity index (χ1n) is 9.39. The molecule has 3 rings (SSSR count). The van der Waals surface area contributed by atoms with Gasteiger partial charge in [0.05, 0.1) is 5.56 Å². The summed E-state index contributed by atoms with van der Waals surface area (Å²) in [4.78, 5) is 13.6. The summed E-state index contributed by atoms with van der Waals surface area (Å²) in [7, 11) is 0. The molecule has 144 valence electrons. The van der Waals surface area contributed by atoms with E-state index in [1.807, 2.05) is 54.2 Å². The predicted octanol–water partition coefficient (Wildman–Crippen LogP) is 5.95. The lowest BCUT2D eigenvalue weighted by atomic mass is 10.2. The van der Waals surface area contributed by atoms with Gasteiger partial charge in [0.25, 0.3) is 5.91 Å². The minimum Gasteiger partial charge on any atom is -0.351 e. The van der Waals surface area contributed by atoms with Crippen LogP contribution < -0.4 is 5.32 Å². The first-order valence-corrected chi connectivity index (χ1v) is 11.5. The minimum absolute atomic E-state index is 0.00678. The van der Waals surface area contributed by atoms with Gasteiger partial charge < -0.3 is 5.32 Å². The largest absolute Gasteiger partial charge is 0.351 e. The first kappa shape index (κ1) is 20.6. The fourth-order valence-electron chi connectivity index (χ4n) is 2.84. The molecule has 0 radical (unpaired) electrons. The Labute approximate surface area is 176 Å². The second-order valence-corrected chi connectivity index (χ2v) is 8.69. The van der Waals surface area contributed by atoms with Crippen LogP contribution >= 0.6 is 23.5 Å². The Balaban J connectivity index is 1.46. The van der Waals surface area contributed by atoms with Gasteiger partial charge in [-0.05, 0) is 30.2 Å². The fourth-order valence-corrected chi connectivity index (χ4v) is 4.65. The molecule has 3 aromatic rings. The van der Waals surface area contributed by atoms with Crippen LogP contribution in [0, 0.1) is 6.92 Å². The van der Waals surface area contributed by atoms with Crippen molar-refractivity contribution in [3.8, 4) is 0 Å². The van der Waals surface area contributed by atoms with E-state index in [0.29, 0.717) is 6.54 Å². The molecule has 0 atom stereocenters. The topological polar surface area (TPSA) is 29.1 Å². The first-order chi connectivity index (χ1) is 13.7. The Morgan fingerprint density at radius 1 is 0.857 bits per heavy atom. The summed E-state index contributed by atoms with van der Waals surface area (Å²) in [5, 5.41) is 3.06. The summed E-state index contributed by atoms with van der Waals surface area (Å²) in [5.74, 6) is 2.74. The van der Waals surface area contributed by atoms with E-state index in [1.165, 1.54) is 16.7 Å². The van der Waals surface area contributed by atoms with Gasteiger partial charge in [0.2, 0.25) is 0 Å². The van der Waals surface area contributed by atoms with Crippen molar-refractivity contribution in [1.29, 1.82) is 0 Å². The summed E-state index contributed by atoms with van der Waals surface area (Å²) >= 11 is 3.55. The molecule has 3 aromatic carbocycles. The highest BCUT2D eigenvalue weighted by Gasteiger charge is 2.11. The zero-order chi connectivity index (χ0) is 19.6. The van der Waals surface area contributed by atoms with Gasteiger partial charge in [0.15, 0.2) is 0 Å². The summed E-state index contributed by atoms with van der Waals surface area (Å²) in [6, 6.07) is 26.7. The van der Waals surface area contributed by atoms with Crippen molar-refractivity contribution < 1.29 is 4.79 Å². The average Bonchev–Trinajstić information content (AvgIpc) is 2.73. The summed E-state index contributed by atoms with van der Waals surface area (Å²) in [6.45, 7) is 2.79. The van der Waals surface area contributed by atoms with Crippen LogP contribution in [-0.4, -0.2) is 18.2 Å². The third kappa shape index (κ3) is 6.47. The van der Waals surface area contributed by atoms with Gasteiger partial charge in [-0.15, -0.1) is 11.8 Å². The van der Waals surface area contributed by atoms with Crippen molar-refractivity contribution in [3.05, 3.63) is 101 Å². The molecule has 2 nitrogen and oxygen atoms in total. The highest BCUT2D eigenvalue weighted by atomic mass is 32.2. The number of rotatable bonds is 9. The van der Waals surface area contributed by atoms with Crippen molar-refractivity contribution in [2.24, 2.45) is 0 Å². The maximum absolute atomic E-state index is 12.6. The normalized spacial score (nSPS) is 10.6. The molecule has 0 aliphatic heterocycles. The molecule has 0 saturated heterocycles. The monoisotopic (exact) mass is 407 g/mol. The predicted molar refractivity (Wildman–Crippen MR) is 122 cm³/mol. The molecule has 0 aliphatic rings. The summed E-state index contributed by atoms with van der Waals surface area (Å²) in [6.07, 6.45) is 0. The number of thioether (sulfide) groups is 2. The molecule has 1 N–H and O–H groups in total. The Kier molecular flexibility index (Phi) is 8.07. The molecule has 0 unspecified atom stereocenters. The molecular formula is C24H25NOS2. The van der Waals surface area contributed by atoms with Crippen LogP contribution in [-0.2, 0) is 11.5 Å². The number of nitrogens with one attached hydrogen (secondary N) is 1. The van der Waals surface area contributed by atoms with Crippen molar-refractivity contribution in [3.63, 3.8) is 0 Å². The Morgan fingerprint density at radius 3 is 2.43 bits per heavy atom. The molecule has 0 aliphatic carbocycles. The Morgan fingerprint density at radius 2 is 1.61 bits per heavy atom. The maximum atomic E-state index is 12.6. The van der Waals surface area contributed by atoms with E-state index in [1.54, 1.807) is 11.8 Å². The minimum atomic E-state index is 0.00678. The third-order valence-electron chi connectivity index (χ3n) is 4.25. The zero-order valence-electron chi connectivity index (χ0n) is 16.1. The molecule has 0 bridgehead atoms. The van der Waals surface area contributed by atoms with Crippen LogP contribution in [0.1, 0.15) is 27.0 Å². The number of amides is 1. The molecule has 0 fully saturated rings. The Hall–Kier alpha value is -2.17. The lowest BCUT2D eigenvalue weighted by Gasteiger charge is -2.10. The van der Waals surface area contributed by atoms with Gasteiger partial charge in [-0.25, -0.2) is 0 Å². The molecule has 0 saturated carbocycles. The molecule has 4 heteroatoms. The fraction of sp³-hybridized carbons (Fsp3) is 0.208. The smallest absolute Gasteiger partial charge is 0.252 e. The van der Waals surface area contributed by atoms with E-state index in [-0.39, 0.29) is 5.91 Å². The van der Waals surface area contributed by atoms with Gasteiger partial charge in [-0.1, -0.05) is 72.3 Å². The van der Waals surface area contributed by atoms with Crippen LogP contribution in [0.4, 0.5) is 0 Å². The number of hydrogen-bond acceptors (Lipinski definition) is 3. The highest BCUT2D eigenvalue weighted by Crippen LogP contribution is 2.26. The van der Waals surface area contributed by atoms with Gasteiger partial charge in [-0.2, -0.15) is 11.8 Å². The van der Waals surface area contributed by atoms with E-state index in [2.05, 4.69) is 48.6 Å². The molecule has 0 heterocycles. The van der Waals surface area contributed by atoms with E-state index >= 15 is 0 Å². The van der Waals surface area contributed by atoms with E-state index in [4.69, 9.17) is 0 Å². The number of benzene rings is 3. The van der Waals surface area contributed by atoms with Crippen molar-refractivity contribution in [2.45, 2.75) is 23.3 Å². The van der Waals surface area contributed by atoms with Crippen LogP contribution in [0.3, 0.4) is 0 Å². The van der Waals surface area contributed by atoms with E-state index in [9.17, 15) is 4.79 Å². The average molecular weight is 408 g/mol. The van der Waals surface area contributed by atoms with Crippen LogP contribution in [0.5, 0.6) is 0 Å². The van der Waals surface area contributed by atoms with Gasteiger partial charge in [0.1, 0.15) is 0 Å². The summed E-state index contributed by atoms with van der Waals surface area (Å²) < 4.78 is 0. The second-order valence-electron chi connectivity index (χ2n) is 6.57. The lowest BCUT2D eigenvalue weighted by Crippen LogP contribution is -2.26. The van der Waals surface area contributed by atoms with Crippen molar-refractivity contribution >= 4 is 29.4 Å². The molecule has 28 heavy (non-hydrogen) atoms. The SMILES string of the molecule is Cc1cccc(CSCCNC(=O)c2ccccc2SCc2ccccc2)c1. The van der Waals surface area contributed by atoms with Crippen LogP contribution in [0.25, 0.3) is 0 Å². The van der Waals surface area contributed by atoms with E-state index < -0.39 is 0 Å².